The van der Waals surface area contributed by atoms with Crippen molar-refractivity contribution in [1.82, 2.24) is 0 Å². The summed E-state index contributed by atoms with van der Waals surface area (Å²) in [7, 11) is -3.41. The molecule has 0 aromatic rings. The Morgan fingerprint density at radius 1 is 1.33 bits per heavy atom. The van der Waals surface area contributed by atoms with Crippen molar-refractivity contribution in [1.29, 1.82) is 4.29 Å². The number of hydrogen-bond acceptors (Lipinski definition) is 5. The van der Waals surface area contributed by atoms with Gasteiger partial charge in [-0.15, -0.1) is 0 Å². The van der Waals surface area contributed by atoms with E-state index in [2.05, 4.69) is 14.4 Å². The summed E-state index contributed by atoms with van der Waals surface area (Å²) in [5.74, 6) is 0. The Kier molecular flexibility index (Phi) is 4.04. The minimum atomic E-state index is -3.41. The van der Waals surface area contributed by atoms with Crippen LogP contribution < -0.4 is 0 Å². The predicted molar refractivity (Wildman–Crippen MR) is 44.3 cm³/mol. The number of ether oxygens (including phenoxy) is 2. The Morgan fingerprint density at radius 3 is 2.67 bits per heavy atom. The fourth-order valence-corrected chi connectivity index (χ4v) is 1.17. The van der Waals surface area contributed by atoms with Crippen LogP contribution >= 0.6 is 0 Å². The van der Waals surface area contributed by atoms with Gasteiger partial charge in [-0.05, 0) is 13.3 Å². The van der Waals surface area contributed by atoms with Crippen LogP contribution in [0.25, 0.3) is 0 Å². The Bertz CT molecular complexity index is 140. The van der Waals surface area contributed by atoms with Crippen molar-refractivity contribution in [2.75, 3.05) is 20.0 Å². The third-order valence-corrected chi connectivity index (χ3v) is 2.11. The van der Waals surface area contributed by atoms with Gasteiger partial charge in [0.15, 0.2) is 4.29 Å². The minimum absolute atomic E-state index is 0.190. The predicted octanol–water partition coefficient (Wildman–Crippen LogP) is -0.697. The van der Waals surface area contributed by atoms with E-state index in [1.807, 2.05) is 6.92 Å². The van der Waals surface area contributed by atoms with E-state index < -0.39 is 8.80 Å². The van der Waals surface area contributed by atoms with Gasteiger partial charge in [-0.2, -0.15) is 0 Å². The van der Waals surface area contributed by atoms with E-state index in [4.69, 9.17) is 13.8 Å². The summed E-state index contributed by atoms with van der Waals surface area (Å²) >= 11 is 0. The van der Waals surface area contributed by atoms with Crippen molar-refractivity contribution in [3.63, 3.8) is 0 Å². The second-order valence-electron chi connectivity index (χ2n) is 2.31. The molecule has 0 rings (SSSR count). The van der Waals surface area contributed by atoms with Crippen LogP contribution in [0.4, 0.5) is 0 Å². The molecule has 74 valence electrons. The lowest BCUT2D eigenvalue weighted by Crippen LogP contribution is -2.34. The molecule has 0 amide bonds. The fourth-order valence-electron chi connectivity index (χ4n) is 0.592. The third kappa shape index (κ3) is 10.0. The first kappa shape index (κ1) is 7.42. The zero-order chi connectivity index (χ0) is 11.6. The first-order valence-corrected chi connectivity index (χ1v) is 5.76. The summed E-state index contributed by atoms with van der Waals surface area (Å²) in [6.45, 7) is 3.03. The second-order valence-corrected chi connectivity index (χ2v) is 4.17. The SMILES string of the molecule is [3H]O[Si](CCCOCOCC)(O[3H])O[3H]. The smallest absolute Gasteiger partial charge is 0.390 e. The quantitative estimate of drug-likeness (QED) is 0.248. The Morgan fingerprint density at radius 2 is 2.08 bits per heavy atom. The van der Waals surface area contributed by atoms with Crippen molar-refractivity contribution in [3.8, 4) is 0 Å². The van der Waals surface area contributed by atoms with Crippen molar-refractivity contribution in [3.05, 3.63) is 0 Å². The molecular weight excluding hydrogens is 180 g/mol. The standard InChI is InChI=1S/C6H16O5Si/c1-2-10-6-11-4-3-5-12(7,8)9/h7-9H,2-6H2,1H3/i7T,8T,9T. The molecule has 0 aromatic heterocycles. The van der Waals surface area contributed by atoms with Gasteiger partial charge in [0.2, 0.25) is 0 Å². The number of rotatable bonds is 10. The zero-order valence-corrected chi connectivity index (χ0v) is 8.08. The van der Waals surface area contributed by atoms with Crippen molar-refractivity contribution < 1.29 is 23.9 Å². The van der Waals surface area contributed by atoms with Gasteiger partial charge < -0.3 is 23.9 Å². The molecule has 0 aliphatic rings. The molecule has 0 heterocycles. The third-order valence-electron chi connectivity index (χ3n) is 1.14. The van der Waals surface area contributed by atoms with Gasteiger partial charge in [0.25, 0.3) is 0 Å². The molecule has 0 aromatic carbocycles. The molecule has 0 spiro atoms. The topological polar surface area (TPSA) is 79.2 Å². The van der Waals surface area contributed by atoms with Crippen LogP contribution in [0.3, 0.4) is 0 Å². The van der Waals surface area contributed by atoms with E-state index in [1.165, 1.54) is 0 Å². The first-order chi connectivity index (χ1) is 7.24. The van der Waals surface area contributed by atoms with E-state index in [1.54, 1.807) is 0 Å². The first-order valence-electron chi connectivity index (χ1n) is 5.05. The maximum absolute atomic E-state index is 6.66. The van der Waals surface area contributed by atoms with E-state index in [0.717, 1.165) is 0 Å². The molecule has 0 unspecified atom stereocenters. The van der Waals surface area contributed by atoms with Crippen LogP contribution in [-0.2, 0) is 9.47 Å². The molecular formula is C6H16O5Si. The van der Waals surface area contributed by atoms with Crippen LogP contribution in [0, 0.1) is 0 Å². The lowest BCUT2D eigenvalue weighted by molar-refractivity contribution is -0.0495. The van der Waals surface area contributed by atoms with Crippen LogP contribution in [0.15, 0.2) is 0 Å². The summed E-state index contributed by atoms with van der Waals surface area (Å²) < 4.78 is 30.0. The van der Waals surface area contributed by atoms with Gasteiger partial charge in [-0.25, -0.2) is 0 Å². The average Bonchev–Trinajstić information content (AvgIpc) is 2.29. The van der Waals surface area contributed by atoms with Crippen LogP contribution in [0.1, 0.15) is 13.3 Å². The zero-order valence-electron chi connectivity index (χ0n) is 10.1. The molecule has 0 radical (unpaired) electrons. The van der Waals surface area contributed by atoms with E-state index in [-0.39, 0.29) is 12.8 Å². The molecule has 0 atom stereocenters. The van der Waals surface area contributed by atoms with E-state index >= 15 is 0 Å². The number of hydrogen-bond donors (Lipinski definition) is 3. The summed E-state index contributed by atoms with van der Waals surface area (Å²) in [6, 6.07) is 0.190. The van der Waals surface area contributed by atoms with E-state index in [9.17, 15) is 0 Å². The lowest BCUT2D eigenvalue weighted by Gasteiger charge is -2.08. The second kappa shape index (κ2) is 6.52. The highest BCUT2D eigenvalue weighted by Crippen LogP contribution is 2.00. The largest absolute Gasteiger partial charge is 0.492 e. The summed E-state index contributed by atoms with van der Waals surface area (Å²) in [4.78, 5) is 12.4. The highest BCUT2D eigenvalue weighted by Gasteiger charge is 2.25. The molecule has 0 saturated heterocycles. The van der Waals surface area contributed by atoms with E-state index in [0.29, 0.717) is 19.6 Å². The molecule has 0 aliphatic heterocycles. The Hall–Kier alpha value is 0.0169. The molecule has 6 heteroatoms. The monoisotopic (exact) mass is 202 g/mol. The fraction of sp³-hybridized carbons (Fsp3) is 1.00. The maximum Gasteiger partial charge on any atom is 0.492 e. The lowest BCUT2D eigenvalue weighted by atomic mass is 10.5. The summed E-state index contributed by atoms with van der Waals surface area (Å²) in [5.41, 5.74) is 0. The molecule has 0 fully saturated rings. The maximum atomic E-state index is 6.66. The van der Waals surface area contributed by atoms with Crippen molar-refractivity contribution in [2.24, 2.45) is 0 Å². The van der Waals surface area contributed by atoms with Gasteiger partial charge in [0.1, 0.15) is 6.79 Å². The highest BCUT2D eigenvalue weighted by molar-refractivity contribution is 6.56. The molecule has 5 nitrogen and oxygen atoms in total. The van der Waals surface area contributed by atoms with Gasteiger partial charge in [0.05, 0.1) is 0 Å². The molecule has 3 N–H and O–H groups in total. The molecule has 12 heavy (non-hydrogen) atoms. The van der Waals surface area contributed by atoms with Crippen LogP contribution in [0.2, 0.25) is 6.04 Å². The Labute approximate surface area is 77.4 Å². The normalized spacial score (nSPS) is 15.2. The highest BCUT2D eigenvalue weighted by atomic mass is 28.4. The van der Waals surface area contributed by atoms with Gasteiger partial charge in [0, 0.05) is 19.3 Å². The molecule has 0 saturated carbocycles. The van der Waals surface area contributed by atoms with Crippen LogP contribution in [0.5, 0.6) is 0 Å². The summed E-state index contributed by atoms with van der Waals surface area (Å²) in [6.07, 6.45) is 0.482. The van der Waals surface area contributed by atoms with Gasteiger partial charge in [-0.3, -0.25) is 0 Å². The van der Waals surface area contributed by atoms with Gasteiger partial charge in [-0.1, -0.05) is 0 Å². The van der Waals surface area contributed by atoms with Crippen LogP contribution in [-0.4, -0.2) is 47.5 Å². The van der Waals surface area contributed by atoms with Gasteiger partial charge >= 0.3 is 8.80 Å². The molecule has 0 bridgehead atoms. The summed E-state index contributed by atoms with van der Waals surface area (Å²) in [5, 5.41) is 0. The Balaban J connectivity index is 3.54. The van der Waals surface area contributed by atoms with Crippen molar-refractivity contribution >= 4 is 8.80 Å². The minimum Gasteiger partial charge on any atom is -0.390 e. The average molecular weight is 202 g/mol. The molecule has 0 aliphatic carbocycles. The van der Waals surface area contributed by atoms with Crippen molar-refractivity contribution in [2.45, 2.75) is 19.4 Å².